The van der Waals surface area contributed by atoms with E-state index in [9.17, 15) is 5.11 Å². The van der Waals surface area contributed by atoms with Crippen molar-refractivity contribution in [2.24, 2.45) is 5.73 Å². The lowest BCUT2D eigenvalue weighted by Gasteiger charge is -2.26. The summed E-state index contributed by atoms with van der Waals surface area (Å²) in [5, 5.41) is 9.87. The van der Waals surface area contributed by atoms with Crippen LogP contribution in [0.3, 0.4) is 0 Å². The van der Waals surface area contributed by atoms with Crippen molar-refractivity contribution in [3.8, 4) is 0 Å². The average molecular weight is 180 g/mol. The molecule has 0 aliphatic heterocycles. The second kappa shape index (κ2) is 3.44. The maximum absolute atomic E-state index is 9.87. The molecule has 0 aromatic carbocycles. The summed E-state index contributed by atoms with van der Waals surface area (Å²) in [5.41, 5.74) is 6.99. The Kier molecular flexibility index (Phi) is 2.68. The van der Waals surface area contributed by atoms with Crippen molar-refractivity contribution < 1.29 is 5.11 Å². The number of aryl methyl sites for hydroxylation is 1. The number of hydrogen-bond donors (Lipinski definition) is 2. The number of aromatic nitrogens is 1. The number of aliphatic hydroxyl groups is 1. The summed E-state index contributed by atoms with van der Waals surface area (Å²) in [4.78, 5) is 3.96. The van der Waals surface area contributed by atoms with Crippen molar-refractivity contribution in [2.75, 3.05) is 0 Å². The van der Waals surface area contributed by atoms with Crippen molar-refractivity contribution in [3.05, 3.63) is 29.6 Å². The highest BCUT2D eigenvalue weighted by Gasteiger charge is 2.25. The van der Waals surface area contributed by atoms with E-state index >= 15 is 0 Å². The van der Waals surface area contributed by atoms with Crippen LogP contribution in [0.25, 0.3) is 0 Å². The van der Waals surface area contributed by atoms with E-state index in [1.165, 1.54) is 0 Å². The SMILES string of the molecule is Cc1ccncc1C(O)C(C)(C)N. The van der Waals surface area contributed by atoms with Crippen molar-refractivity contribution in [3.63, 3.8) is 0 Å². The predicted octanol–water partition coefficient (Wildman–Crippen LogP) is 1.16. The topological polar surface area (TPSA) is 59.1 Å². The van der Waals surface area contributed by atoms with E-state index in [0.29, 0.717) is 0 Å². The second-order valence-electron chi connectivity index (χ2n) is 3.96. The fraction of sp³-hybridized carbons (Fsp3) is 0.500. The van der Waals surface area contributed by atoms with Crippen LogP contribution in [0.1, 0.15) is 31.1 Å². The first kappa shape index (κ1) is 10.2. The van der Waals surface area contributed by atoms with Gasteiger partial charge in [-0.05, 0) is 32.4 Å². The van der Waals surface area contributed by atoms with Crippen molar-refractivity contribution >= 4 is 0 Å². The van der Waals surface area contributed by atoms with Crippen LogP contribution in [-0.2, 0) is 0 Å². The van der Waals surface area contributed by atoms with E-state index in [0.717, 1.165) is 11.1 Å². The monoisotopic (exact) mass is 180 g/mol. The van der Waals surface area contributed by atoms with Crippen LogP contribution in [0.2, 0.25) is 0 Å². The lowest BCUT2D eigenvalue weighted by Crippen LogP contribution is -2.39. The third-order valence-electron chi connectivity index (χ3n) is 2.08. The molecule has 0 spiro atoms. The summed E-state index contributed by atoms with van der Waals surface area (Å²) in [6.45, 7) is 5.53. The summed E-state index contributed by atoms with van der Waals surface area (Å²) in [7, 11) is 0. The molecule has 3 N–H and O–H groups in total. The molecule has 0 aliphatic carbocycles. The van der Waals surface area contributed by atoms with E-state index in [1.54, 1.807) is 26.2 Å². The molecule has 13 heavy (non-hydrogen) atoms. The molecule has 1 unspecified atom stereocenters. The number of rotatable bonds is 2. The Bertz CT molecular complexity index is 291. The van der Waals surface area contributed by atoms with Crippen LogP contribution >= 0.6 is 0 Å². The third kappa shape index (κ3) is 2.26. The molecule has 1 atom stereocenters. The first-order valence-corrected chi connectivity index (χ1v) is 4.30. The van der Waals surface area contributed by atoms with E-state index in [-0.39, 0.29) is 0 Å². The van der Waals surface area contributed by atoms with Crippen LogP contribution in [0.4, 0.5) is 0 Å². The fourth-order valence-electron chi connectivity index (χ4n) is 1.16. The summed E-state index contributed by atoms with van der Waals surface area (Å²) in [5.74, 6) is 0. The molecule has 0 fully saturated rings. The molecule has 1 heterocycles. The number of pyridine rings is 1. The smallest absolute Gasteiger partial charge is 0.0981 e. The van der Waals surface area contributed by atoms with Gasteiger partial charge < -0.3 is 10.8 Å². The van der Waals surface area contributed by atoms with Gasteiger partial charge in [-0.3, -0.25) is 4.98 Å². The van der Waals surface area contributed by atoms with Gasteiger partial charge in [-0.1, -0.05) is 0 Å². The maximum atomic E-state index is 9.87. The normalized spacial score (nSPS) is 14.2. The fourth-order valence-corrected chi connectivity index (χ4v) is 1.16. The van der Waals surface area contributed by atoms with Gasteiger partial charge in [-0.2, -0.15) is 0 Å². The zero-order chi connectivity index (χ0) is 10.1. The van der Waals surface area contributed by atoms with Gasteiger partial charge in [-0.15, -0.1) is 0 Å². The maximum Gasteiger partial charge on any atom is 0.0981 e. The summed E-state index contributed by atoms with van der Waals surface area (Å²) in [6, 6.07) is 1.87. The van der Waals surface area contributed by atoms with Crippen molar-refractivity contribution in [1.82, 2.24) is 4.98 Å². The van der Waals surface area contributed by atoms with Gasteiger partial charge in [0.1, 0.15) is 0 Å². The largest absolute Gasteiger partial charge is 0.386 e. The Labute approximate surface area is 78.6 Å². The molecule has 0 bridgehead atoms. The third-order valence-corrected chi connectivity index (χ3v) is 2.08. The molecule has 1 aromatic rings. The molecule has 0 saturated carbocycles. The molecule has 3 nitrogen and oxygen atoms in total. The lowest BCUT2D eigenvalue weighted by atomic mass is 9.91. The predicted molar refractivity (Wildman–Crippen MR) is 52.2 cm³/mol. The standard InChI is InChI=1S/C10H16N2O/c1-7-4-5-12-6-8(7)9(13)10(2,3)11/h4-6,9,13H,11H2,1-3H3. The zero-order valence-electron chi connectivity index (χ0n) is 8.28. The molecule has 72 valence electrons. The van der Waals surface area contributed by atoms with Gasteiger partial charge in [0.25, 0.3) is 0 Å². The number of hydrogen-bond acceptors (Lipinski definition) is 3. The molecule has 1 aromatic heterocycles. The van der Waals surface area contributed by atoms with Gasteiger partial charge in [0.15, 0.2) is 0 Å². The Hall–Kier alpha value is -0.930. The Morgan fingerprint density at radius 3 is 2.62 bits per heavy atom. The summed E-state index contributed by atoms with van der Waals surface area (Å²) >= 11 is 0. The highest BCUT2D eigenvalue weighted by Crippen LogP contribution is 2.24. The van der Waals surface area contributed by atoms with Crippen LogP contribution < -0.4 is 5.73 Å². The van der Waals surface area contributed by atoms with Gasteiger partial charge in [0.2, 0.25) is 0 Å². The molecule has 0 amide bonds. The number of aliphatic hydroxyl groups excluding tert-OH is 1. The minimum Gasteiger partial charge on any atom is -0.386 e. The molecular weight excluding hydrogens is 164 g/mol. The van der Waals surface area contributed by atoms with Crippen LogP contribution in [0.5, 0.6) is 0 Å². The van der Waals surface area contributed by atoms with E-state index in [1.807, 2.05) is 13.0 Å². The minimum atomic E-state index is -0.666. The van der Waals surface area contributed by atoms with E-state index < -0.39 is 11.6 Å². The van der Waals surface area contributed by atoms with Gasteiger partial charge in [-0.25, -0.2) is 0 Å². The second-order valence-corrected chi connectivity index (χ2v) is 3.96. The van der Waals surface area contributed by atoms with Gasteiger partial charge in [0, 0.05) is 23.5 Å². The molecular formula is C10H16N2O. The first-order valence-electron chi connectivity index (χ1n) is 4.30. The number of nitrogens with two attached hydrogens (primary N) is 1. The Morgan fingerprint density at radius 2 is 2.15 bits per heavy atom. The molecule has 0 radical (unpaired) electrons. The van der Waals surface area contributed by atoms with E-state index in [4.69, 9.17) is 5.73 Å². The van der Waals surface area contributed by atoms with Crippen molar-refractivity contribution in [2.45, 2.75) is 32.4 Å². The zero-order valence-corrected chi connectivity index (χ0v) is 8.28. The highest BCUT2D eigenvalue weighted by atomic mass is 16.3. The van der Waals surface area contributed by atoms with E-state index in [2.05, 4.69) is 4.98 Å². The summed E-state index contributed by atoms with van der Waals surface area (Å²) in [6.07, 6.45) is 2.70. The minimum absolute atomic E-state index is 0.631. The number of nitrogens with zero attached hydrogens (tertiary/aromatic N) is 1. The van der Waals surface area contributed by atoms with Crippen LogP contribution in [-0.4, -0.2) is 15.6 Å². The molecule has 1 rings (SSSR count). The lowest BCUT2D eigenvalue weighted by molar-refractivity contribution is 0.104. The quantitative estimate of drug-likeness (QED) is 0.718. The van der Waals surface area contributed by atoms with Crippen molar-refractivity contribution in [1.29, 1.82) is 0 Å². The highest BCUT2D eigenvalue weighted by molar-refractivity contribution is 5.25. The van der Waals surface area contributed by atoms with Crippen LogP contribution in [0, 0.1) is 6.92 Å². The van der Waals surface area contributed by atoms with Crippen LogP contribution in [0.15, 0.2) is 18.5 Å². The average Bonchev–Trinajstić information content (AvgIpc) is 2.02. The Morgan fingerprint density at radius 1 is 1.54 bits per heavy atom. The summed E-state index contributed by atoms with van der Waals surface area (Å²) < 4.78 is 0. The Balaban J connectivity index is 3.02. The van der Waals surface area contributed by atoms with Gasteiger partial charge in [0.05, 0.1) is 6.10 Å². The van der Waals surface area contributed by atoms with Gasteiger partial charge >= 0.3 is 0 Å². The molecule has 0 aliphatic rings. The molecule has 3 heteroatoms. The molecule has 0 saturated heterocycles. The first-order chi connectivity index (χ1) is 5.93.